The van der Waals surface area contributed by atoms with E-state index in [1.807, 2.05) is 30.3 Å². The Hall–Kier alpha value is -2.31. The number of piperidine rings is 1. The van der Waals surface area contributed by atoms with Gasteiger partial charge in [-0.2, -0.15) is 5.06 Å². The topological polar surface area (TPSA) is 78.4 Å². The van der Waals surface area contributed by atoms with Crippen molar-refractivity contribution in [3.63, 3.8) is 0 Å². The Kier molecular flexibility index (Phi) is 4.41. The average molecular weight is 298 g/mol. The normalized spacial score (nSPS) is 16.4. The molecule has 6 nitrogen and oxygen atoms in total. The number of aromatic nitrogens is 2. The maximum Gasteiger partial charge on any atom is 0.254 e. The van der Waals surface area contributed by atoms with Crippen LogP contribution in [0.15, 0.2) is 42.7 Å². The number of carbonyl (C=O) groups is 1. The van der Waals surface area contributed by atoms with Crippen LogP contribution in [0.3, 0.4) is 0 Å². The molecule has 1 fully saturated rings. The summed E-state index contributed by atoms with van der Waals surface area (Å²) in [4.78, 5) is 20.7. The van der Waals surface area contributed by atoms with Crippen molar-refractivity contribution in [2.24, 2.45) is 0 Å². The van der Waals surface area contributed by atoms with Gasteiger partial charge in [0, 0.05) is 37.1 Å². The molecule has 1 aliphatic heterocycles. The molecule has 0 unspecified atom stereocenters. The average Bonchev–Trinajstić information content (AvgIpc) is 2.58. The quantitative estimate of drug-likeness (QED) is 0.902. The molecule has 0 saturated carbocycles. The fourth-order valence-electron chi connectivity index (χ4n) is 2.46. The van der Waals surface area contributed by atoms with Gasteiger partial charge in [0.25, 0.3) is 5.91 Å². The molecule has 3 rings (SSSR count). The minimum absolute atomic E-state index is 0.0877. The Bertz CT molecular complexity index is 622. The van der Waals surface area contributed by atoms with Gasteiger partial charge in [-0.3, -0.25) is 4.79 Å². The molecule has 2 heterocycles. The van der Waals surface area contributed by atoms with E-state index in [0.717, 1.165) is 18.4 Å². The second-order valence-corrected chi connectivity index (χ2v) is 5.36. The predicted molar refractivity (Wildman–Crippen MR) is 81.3 cm³/mol. The van der Waals surface area contributed by atoms with Crippen LogP contribution in [0, 0.1) is 0 Å². The number of nitrogens with one attached hydrogen (secondary N) is 1. The first-order valence-corrected chi connectivity index (χ1v) is 7.34. The predicted octanol–water partition coefficient (Wildman–Crippen LogP) is 1.73. The third-order valence-corrected chi connectivity index (χ3v) is 3.75. The van der Waals surface area contributed by atoms with Crippen molar-refractivity contribution in [2.45, 2.75) is 18.9 Å². The molecule has 1 aliphatic rings. The van der Waals surface area contributed by atoms with Gasteiger partial charge in [0.05, 0.1) is 5.56 Å². The minimum Gasteiger partial charge on any atom is -0.349 e. The van der Waals surface area contributed by atoms with Gasteiger partial charge in [-0.25, -0.2) is 9.97 Å². The van der Waals surface area contributed by atoms with Crippen LogP contribution in [-0.4, -0.2) is 45.3 Å². The molecule has 1 amide bonds. The highest BCUT2D eigenvalue weighted by atomic mass is 16.5. The number of carbonyl (C=O) groups excluding carboxylic acids is 1. The zero-order chi connectivity index (χ0) is 15.4. The summed E-state index contributed by atoms with van der Waals surface area (Å²) in [5, 5.41) is 13.6. The highest BCUT2D eigenvalue weighted by Crippen LogP contribution is 2.14. The van der Waals surface area contributed by atoms with Gasteiger partial charge in [-0.05, 0) is 12.8 Å². The fraction of sp³-hybridized carbons (Fsp3) is 0.312. The van der Waals surface area contributed by atoms with Gasteiger partial charge in [0.15, 0.2) is 5.82 Å². The van der Waals surface area contributed by atoms with E-state index in [1.165, 1.54) is 5.06 Å². The summed E-state index contributed by atoms with van der Waals surface area (Å²) in [7, 11) is 0. The van der Waals surface area contributed by atoms with Crippen molar-refractivity contribution in [3.8, 4) is 11.4 Å². The molecular weight excluding hydrogens is 280 g/mol. The highest BCUT2D eigenvalue weighted by molar-refractivity contribution is 5.93. The largest absolute Gasteiger partial charge is 0.349 e. The Morgan fingerprint density at radius 3 is 2.41 bits per heavy atom. The zero-order valence-corrected chi connectivity index (χ0v) is 12.1. The molecule has 2 aromatic rings. The lowest BCUT2D eigenvalue weighted by molar-refractivity contribution is -0.107. The first kappa shape index (κ1) is 14.6. The molecule has 6 heteroatoms. The second-order valence-electron chi connectivity index (χ2n) is 5.36. The summed E-state index contributed by atoms with van der Waals surface area (Å²) in [6.07, 6.45) is 4.58. The maximum atomic E-state index is 12.2. The molecule has 114 valence electrons. The lowest BCUT2D eigenvalue weighted by Crippen LogP contribution is -2.43. The van der Waals surface area contributed by atoms with E-state index in [2.05, 4.69) is 15.3 Å². The Morgan fingerprint density at radius 1 is 1.14 bits per heavy atom. The van der Waals surface area contributed by atoms with Crippen LogP contribution >= 0.6 is 0 Å². The molecule has 0 radical (unpaired) electrons. The summed E-state index contributed by atoms with van der Waals surface area (Å²) in [6.45, 7) is 1.16. The molecule has 1 aromatic heterocycles. The van der Waals surface area contributed by atoms with E-state index in [1.54, 1.807) is 12.4 Å². The van der Waals surface area contributed by atoms with E-state index in [9.17, 15) is 10.0 Å². The van der Waals surface area contributed by atoms with Crippen molar-refractivity contribution >= 4 is 5.91 Å². The van der Waals surface area contributed by atoms with E-state index in [4.69, 9.17) is 0 Å². The van der Waals surface area contributed by atoms with Gasteiger partial charge in [0.1, 0.15) is 0 Å². The van der Waals surface area contributed by atoms with Crippen molar-refractivity contribution < 1.29 is 10.0 Å². The van der Waals surface area contributed by atoms with Gasteiger partial charge >= 0.3 is 0 Å². The van der Waals surface area contributed by atoms with E-state index in [-0.39, 0.29) is 11.9 Å². The van der Waals surface area contributed by atoms with E-state index >= 15 is 0 Å². The van der Waals surface area contributed by atoms with Crippen LogP contribution in [0.5, 0.6) is 0 Å². The number of hydroxylamine groups is 2. The minimum atomic E-state index is -0.170. The first-order valence-electron chi connectivity index (χ1n) is 7.34. The highest BCUT2D eigenvalue weighted by Gasteiger charge is 2.20. The van der Waals surface area contributed by atoms with Crippen LogP contribution in [0.2, 0.25) is 0 Å². The summed E-state index contributed by atoms with van der Waals surface area (Å²) in [5.74, 6) is 0.432. The van der Waals surface area contributed by atoms with Crippen LogP contribution in [0.25, 0.3) is 11.4 Å². The molecular formula is C16H18N4O2. The Labute approximate surface area is 128 Å². The number of hydrogen-bond acceptors (Lipinski definition) is 5. The van der Waals surface area contributed by atoms with Crippen LogP contribution in [0.1, 0.15) is 23.2 Å². The SMILES string of the molecule is O=C(NC1CCN(O)CC1)c1cnc(-c2ccccc2)nc1. The third kappa shape index (κ3) is 3.47. The van der Waals surface area contributed by atoms with E-state index < -0.39 is 0 Å². The molecule has 0 atom stereocenters. The Morgan fingerprint density at radius 2 is 1.77 bits per heavy atom. The van der Waals surface area contributed by atoms with Gasteiger partial charge in [-0.1, -0.05) is 30.3 Å². The third-order valence-electron chi connectivity index (χ3n) is 3.75. The fourth-order valence-corrected chi connectivity index (χ4v) is 2.46. The lowest BCUT2D eigenvalue weighted by atomic mass is 10.1. The molecule has 0 spiro atoms. The monoisotopic (exact) mass is 298 g/mol. The first-order chi connectivity index (χ1) is 10.7. The number of benzene rings is 1. The molecule has 2 N–H and O–H groups in total. The smallest absolute Gasteiger partial charge is 0.254 e. The summed E-state index contributed by atoms with van der Waals surface area (Å²) in [6, 6.07) is 9.72. The summed E-state index contributed by atoms with van der Waals surface area (Å²) in [5.41, 5.74) is 1.37. The van der Waals surface area contributed by atoms with Crippen molar-refractivity contribution in [1.29, 1.82) is 0 Å². The summed E-state index contributed by atoms with van der Waals surface area (Å²) >= 11 is 0. The van der Waals surface area contributed by atoms with Crippen LogP contribution in [0.4, 0.5) is 0 Å². The van der Waals surface area contributed by atoms with Crippen LogP contribution < -0.4 is 5.32 Å². The number of nitrogens with zero attached hydrogens (tertiary/aromatic N) is 3. The number of rotatable bonds is 3. The van der Waals surface area contributed by atoms with Crippen LogP contribution in [-0.2, 0) is 0 Å². The number of hydrogen-bond donors (Lipinski definition) is 2. The molecule has 22 heavy (non-hydrogen) atoms. The molecule has 0 bridgehead atoms. The van der Waals surface area contributed by atoms with Crippen molar-refractivity contribution in [1.82, 2.24) is 20.3 Å². The molecule has 1 saturated heterocycles. The number of amides is 1. The molecule has 0 aliphatic carbocycles. The van der Waals surface area contributed by atoms with Gasteiger partial charge in [-0.15, -0.1) is 0 Å². The van der Waals surface area contributed by atoms with Crippen molar-refractivity contribution in [3.05, 3.63) is 48.3 Å². The lowest BCUT2D eigenvalue weighted by Gasteiger charge is -2.27. The van der Waals surface area contributed by atoms with Gasteiger partial charge < -0.3 is 10.5 Å². The summed E-state index contributed by atoms with van der Waals surface area (Å²) < 4.78 is 0. The second kappa shape index (κ2) is 6.64. The van der Waals surface area contributed by atoms with Crippen molar-refractivity contribution in [2.75, 3.05) is 13.1 Å². The Balaban J connectivity index is 1.64. The maximum absolute atomic E-state index is 12.2. The van der Waals surface area contributed by atoms with E-state index in [0.29, 0.717) is 24.5 Å². The standard InChI is InChI=1S/C16H18N4O2/c21-16(19-14-6-8-20(22)9-7-14)13-10-17-15(18-11-13)12-4-2-1-3-5-12/h1-5,10-11,14,22H,6-9H2,(H,19,21). The zero-order valence-electron chi connectivity index (χ0n) is 12.1. The molecule has 1 aromatic carbocycles. The van der Waals surface area contributed by atoms with Gasteiger partial charge in [0.2, 0.25) is 0 Å².